The second kappa shape index (κ2) is 5.89. The number of carbonyl (C=O) groups is 1. The molecule has 2 aromatic rings. The minimum atomic E-state index is -0.342. The van der Waals surface area contributed by atoms with E-state index in [0.717, 1.165) is 28.9 Å². The Morgan fingerprint density at radius 2 is 1.95 bits per heavy atom. The maximum absolute atomic E-state index is 11.2. The average Bonchev–Trinajstić information content (AvgIpc) is 2.94. The van der Waals surface area contributed by atoms with Crippen molar-refractivity contribution in [3.63, 3.8) is 0 Å². The first-order chi connectivity index (χ1) is 10.5. The summed E-state index contributed by atoms with van der Waals surface area (Å²) in [4.78, 5) is 11.9. The number of ether oxygens (including phenoxy) is 2. The van der Waals surface area contributed by atoms with Gasteiger partial charge in [-0.2, -0.15) is 0 Å². The Labute approximate surface area is 134 Å². The van der Waals surface area contributed by atoms with Crippen molar-refractivity contribution in [2.75, 3.05) is 6.61 Å². The first-order valence-corrected chi connectivity index (χ1v) is 7.55. The Kier molecular flexibility index (Phi) is 3.94. The lowest BCUT2D eigenvalue weighted by Crippen LogP contribution is -2.06. The van der Waals surface area contributed by atoms with Gasteiger partial charge in [0.2, 0.25) is 0 Å². The largest absolute Gasteiger partial charge is 0.492 e. The summed E-state index contributed by atoms with van der Waals surface area (Å²) in [5.41, 5.74) is 3.98. The molecule has 0 saturated carbocycles. The van der Waals surface area contributed by atoms with Gasteiger partial charge in [-0.3, -0.25) is 4.79 Å². The molecule has 2 aromatic carbocycles. The predicted octanol–water partition coefficient (Wildman–Crippen LogP) is 3.62. The summed E-state index contributed by atoms with van der Waals surface area (Å²) < 4.78 is 11.0. The van der Waals surface area contributed by atoms with Crippen LogP contribution in [-0.2, 0) is 11.2 Å². The molecule has 0 bridgehead atoms. The molecule has 22 heavy (non-hydrogen) atoms. The van der Waals surface area contributed by atoms with Crippen LogP contribution in [0.2, 0.25) is 0 Å². The molecule has 0 N–H and O–H groups in total. The second-order valence-electron chi connectivity index (χ2n) is 5.35. The highest BCUT2D eigenvalue weighted by molar-refractivity contribution is 7.81. The van der Waals surface area contributed by atoms with Crippen LogP contribution >= 0.6 is 12.2 Å². The smallest absolute Gasteiger partial charge is 0.308 e. The van der Waals surface area contributed by atoms with Crippen LogP contribution in [0.15, 0.2) is 36.4 Å². The summed E-state index contributed by atoms with van der Waals surface area (Å²) in [6, 6.07) is 11.7. The number of esters is 1. The zero-order chi connectivity index (χ0) is 15.7. The van der Waals surface area contributed by atoms with Crippen LogP contribution in [0.3, 0.4) is 0 Å². The van der Waals surface area contributed by atoms with Crippen molar-refractivity contribution in [1.82, 2.24) is 0 Å². The van der Waals surface area contributed by atoms with E-state index < -0.39 is 0 Å². The van der Waals surface area contributed by atoms with E-state index in [2.05, 4.69) is 0 Å². The summed E-state index contributed by atoms with van der Waals surface area (Å²) in [5, 5.41) is 0. The molecule has 1 aliphatic heterocycles. The van der Waals surface area contributed by atoms with Crippen molar-refractivity contribution < 1.29 is 14.3 Å². The number of fused-ring (bicyclic) bond motifs is 1. The van der Waals surface area contributed by atoms with Gasteiger partial charge in [0.25, 0.3) is 0 Å². The summed E-state index contributed by atoms with van der Waals surface area (Å²) in [5.74, 6) is 0.980. The number of hydrogen-bond donors (Lipinski definition) is 0. The third kappa shape index (κ3) is 2.88. The molecule has 3 rings (SSSR count). The molecule has 0 radical (unpaired) electrons. The van der Waals surface area contributed by atoms with E-state index in [1.807, 2.05) is 37.3 Å². The normalized spacial score (nSPS) is 12.5. The van der Waals surface area contributed by atoms with E-state index in [0.29, 0.717) is 17.2 Å². The maximum Gasteiger partial charge on any atom is 0.308 e. The minimum absolute atomic E-state index is 0.342. The van der Waals surface area contributed by atoms with Gasteiger partial charge in [0.05, 0.1) is 11.5 Å². The molecule has 1 aliphatic rings. The summed E-state index contributed by atoms with van der Waals surface area (Å²) in [6.45, 7) is 4.05. The van der Waals surface area contributed by atoms with Crippen molar-refractivity contribution in [2.45, 2.75) is 20.3 Å². The minimum Gasteiger partial charge on any atom is -0.492 e. The van der Waals surface area contributed by atoms with Crippen molar-refractivity contribution in [2.24, 2.45) is 0 Å². The highest BCUT2D eigenvalue weighted by atomic mass is 32.1. The molecule has 0 spiro atoms. The number of hydrogen-bond acceptors (Lipinski definition) is 4. The standard InChI is InChI=1S/C18H16O3S/c1-11-3-5-13(6-4-11)18(22)16-10-15(21-12(2)19)9-14-7-8-20-17(14)16/h3-6,9-10H,7-8H2,1-2H3. The molecule has 0 unspecified atom stereocenters. The van der Waals surface area contributed by atoms with Crippen LogP contribution in [0.1, 0.15) is 29.2 Å². The zero-order valence-corrected chi connectivity index (χ0v) is 13.3. The van der Waals surface area contributed by atoms with Crippen LogP contribution < -0.4 is 9.47 Å². The topological polar surface area (TPSA) is 35.5 Å². The van der Waals surface area contributed by atoms with Gasteiger partial charge in [0.1, 0.15) is 11.5 Å². The fourth-order valence-corrected chi connectivity index (χ4v) is 2.82. The van der Waals surface area contributed by atoms with Crippen LogP contribution in [0.25, 0.3) is 0 Å². The van der Waals surface area contributed by atoms with E-state index >= 15 is 0 Å². The number of rotatable bonds is 3. The monoisotopic (exact) mass is 312 g/mol. The van der Waals surface area contributed by atoms with Crippen LogP contribution in [0.5, 0.6) is 11.5 Å². The lowest BCUT2D eigenvalue weighted by Gasteiger charge is -2.12. The Morgan fingerprint density at radius 1 is 1.23 bits per heavy atom. The lowest BCUT2D eigenvalue weighted by atomic mass is 9.99. The second-order valence-corrected chi connectivity index (χ2v) is 5.75. The molecular weight excluding hydrogens is 296 g/mol. The molecule has 0 atom stereocenters. The number of carbonyl (C=O) groups excluding carboxylic acids is 1. The lowest BCUT2D eigenvalue weighted by molar-refractivity contribution is -0.131. The zero-order valence-electron chi connectivity index (χ0n) is 12.5. The molecular formula is C18H16O3S. The first-order valence-electron chi connectivity index (χ1n) is 7.14. The van der Waals surface area contributed by atoms with Crippen LogP contribution in [0.4, 0.5) is 0 Å². The number of thiocarbonyl (C=S) groups is 1. The van der Waals surface area contributed by atoms with Gasteiger partial charge in [-0.1, -0.05) is 42.0 Å². The summed E-state index contributed by atoms with van der Waals surface area (Å²) in [7, 11) is 0. The number of benzene rings is 2. The molecule has 3 nitrogen and oxygen atoms in total. The highest BCUT2D eigenvalue weighted by Crippen LogP contribution is 2.35. The van der Waals surface area contributed by atoms with E-state index in [1.54, 1.807) is 6.07 Å². The molecule has 0 fully saturated rings. The van der Waals surface area contributed by atoms with Gasteiger partial charge in [0.15, 0.2) is 0 Å². The summed E-state index contributed by atoms with van der Waals surface area (Å²) in [6.07, 6.45) is 0.800. The van der Waals surface area contributed by atoms with Crippen LogP contribution in [0, 0.1) is 6.92 Å². The molecule has 112 valence electrons. The average molecular weight is 312 g/mol. The van der Waals surface area contributed by atoms with Crippen LogP contribution in [-0.4, -0.2) is 17.4 Å². The van der Waals surface area contributed by atoms with Crippen molar-refractivity contribution in [3.05, 3.63) is 58.7 Å². The van der Waals surface area contributed by atoms with Gasteiger partial charge in [-0.05, 0) is 24.6 Å². The Bertz CT molecular complexity index is 748. The van der Waals surface area contributed by atoms with Gasteiger partial charge in [0, 0.05) is 24.5 Å². The number of aryl methyl sites for hydroxylation is 1. The van der Waals surface area contributed by atoms with Gasteiger partial charge in [-0.25, -0.2) is 0 Å². The third-order valence-electron chi connectivity index (χ3n) is 3.58. The molecule has 4 heteroatoms. The summed E-state index contributed by atoms with van der Waals surface area (Å²) >= 11 is 5.62. The Morgan fingerprint density at radius 3 is 2.64 bits per heavy atom. The predicted molar refractivity (Wildman–Crippen MR) is 88.9 cm³/mol. The van der Waals surface area contributed by atoms with Gasteiger partial charge >= 0.3 is 5.97 Å². The van der Waals surface area contributed by atoms with Gasteiger partial charge in [-0.15, -0.1) is 0 Å². The molecule has 1 heterocycles. The maximum atomic E-state index is 11.2. The van der Waals surface area contributed by atoms with Crippen molar-refractivity contribution >= 4 is 23.1 Å². The van der Waals surface area contributed by atoms with E-state index in [1.165, 1.54) is 12.5 Å². The first kappa shape index (κ1) is 14.7. The van der Waals surface area contributed by atoms with E-state index in [9.17, 15) is 4.79 Å². The third-order valence-corrected chi connectivity index (χ3v) is 4.03. The Balaban J connectivity index is 2.05. The van der Waals surface area contributed by atoms with E-state index in [4.69, 9.17) is 21.7 Å². The highest BCUT2D eigenvalue weighted by Gasteiger charge is 2.22. The quantitative estimate of drug-likeness (QED) is 0.375. The molecule has 0 amide bonds. The molecule has 0 aliphatic carbocycles. The molecule has 0 saturated heterocycles. The fraction of sp³-hybridized carbons (Fsp3) is 0.222. The fourth-order valence-electron chi connectivity index (χ4n) is 2.53. The Hall–Kier alpha value is -2.20. The van der Waals surface area contributed by atoms with E-state index in [-0.39, 0.29) is 5.97 Å². The van der Waals surface area contributed by atoms with Crippen molar-refractivity contribution in [3.8, 4) is 11.5 Å². The SMILES string of the molecule is CC(=O)Oc1cc2c(c(C(=S)c3ccc(C)cc3)c1)OCC2. The van der Waals surface area contributed by atoms with Gasteiger partial charge < -0.3 is 9.47 Å². The van der Waals surface area contributed by atoms with Crippen molar-refractivity contribution in [1.29, 1.82) is 0 Å². The molecule has 0 aromatic heterocycles.